The van der Waals surface area contributed by atoms with Gasteiger partial charge in [-0.2, -0.15) is 0 Å². The molecule has 0 fully saturated rings. The Kier molecular flexibility index (Phi) is 8.85. The number of carbonyl (C=O) groups is 1. The highest BCUT2D eigenvalue weighted by molar-refractivity contribution is 7.89. The van der Waals surface area contributed by atoms with Gasteiger partial charge in [0, 0.05) is 23.8 Å². The SMILES string of the molecule is Cc1cccc(S(=O)(=O)N[C@H]2CCCc3ccc(N(Cc4cccc(C)n4)C(=O)C[C@@H](C)c4ccc(F)cc4)cc32)c1. The maximum atomic E-state index is 13.9. The van der Waals surface area contributed by atoms with Gasteiger partial charge in [-0.15, -0.1) is 0 Å². The van der Waals surface area contributed by atoms with E-state index in [2.05, 4.69) is 9.71 Å². The van der Waals surface area contributed by atoms with Crippen molar-refractivity contribution in [2.24, 2.45) is 0 Å². The highest BCUT2D eigenvalue weighted by Gasteiger charge is 2.28. The first kappa shape index (κ1) is 29.6. The van der Waals surface area contributed by atoms with Gasteiger partial charge in [-0.05, 0) is 110 Å². The minimum atomic E-state index is -3.74. The second-order valence-electron chi connectivity index (χ2n) is 11.2. The van der Waals surface area contributed by atoms with Crippen LogP contribution >= 0.6 is 0 Å². The number of pyridine rings is 1. The largest absolute Gasteiger partial charge is 0.306 e. The van der Waals surface area contributed by atoms with E-state index in [1.54, 1.807) is 35.2 Å². The quantitative estimate of drug-likeness (QED) is 0.231. The van der Waals surface area contributed by atoms with Gasteiger partial charge in [0.2, 0.25) is 15.9 Å². The molecule has 0 unspecified atom stereocenters. The second-order valence-corrected chi connectivity index (χ2v) is 12.9. The zero-order valence-electron chi connectivity index (χ0n) is 24.2. The minimum Gasteiger partial charge on any atom is -0.306 e. The van der Waals surface area contributed by atoms with Gasteiger partial charge in [-0.1, -0.05) is 43.3 Å². The molecule has 2 atom stereocenters. The summed E-state index contributed by atoms with van der Waals surface area (Å²) in [5.41, 5.74) is 6.02. The number of nitrogens with one attached hydrogen (secondary N) is 1. The van der Waals surface area contributed by atoms with Crippen LogP contribution in [0.1, 0.15) is 71.8 Å². The average molecular weight is 586 g/mol. The Balaban J connectivity index is 1.47. The van der Waals surface area contributed by atoms with Gasteiger partial charge in [-0.25, -0.2) is 17.5 Å². The van der Waals surface area contributed by atoms with Gasteiger partial charge >= 0.3 is 0 Å². The third-order valence-corrected chi connectivity index (χ3v) is 9.31. The van der Waals surface area contributed by atoms with E-state index in [1.165, 1.54) is 12.1 Å². The van der Waals surface area contributed by atoms with Crippen LogP contribution in [0.5, 0.6) is 0 Å². The van der Waals surface area contributed by atoms with Crippen molar-refractivity contribution in [3.05, 3.63) is 124 Å². The molecule has 42 heavy (non-hydrogen) atoms. The molecule has 4 aromatic rings. The predicted octanol–water partition coefficient (Wildman–Crippen LogP) is 6.92. The van der Waals surface area contributed by atoms with Gasteiger partial charge in [0.1, 0.15) is 5.82 Å². The molecule has 218 valence electrons. The number of carbonyl (C=O) groups excluding carboxylic acids is 1. The fourth-order valence-corrected chi connectivity index (χ4v) is 6.92. The predicted molar refractivity (Wildman–Crippen MR) is 163 cm³/mol. The fraction of sp³-hybridized carbons (Fsp3) is 0.294. The number of nitrogens with zero attached hydrogens (tertiary/aromatic N) is 2. The Morgan fingerprint density at radius 1 is 1.02 bits per heavy atom. The number of aryl methyl sites for hydroxylation is 3. The molecule has 1 aliphatic rings. The molecule has 1 aliphatic carbocycles. The summed E-state index contributed by atoms with van der Waals surface area (Å²) in [4.78, 5) is 20.5. The molecule has 0 spiro atoms. The van der Waals surface area contributed by atoms with E-state index in [-0.39, 0.29) is 35.5 Å². The van der Waals surface area contributed by atoms with E-state index in [0.29, 0.717) is 12.1 Å². The Labute approximate surface area is 247 Å². The van der Waals surface area contributed by atoms with Crippen molar-refractivity contribution in [1.29, 1.82) is 0 Å². The number of hydrogen-bond acceptors (Lipinski definition) is 4. The third-order valence-electron chi connectivity index (χ3n) is 7.84. The molecule has 3 aromatic carbocycles. The van der Waals surface area contributed by atoms with Crippen molar-refractivity contribution in [2.45, 2.75) is 69.9 Å². The molecular formula is C34H36FN3O3S. The number of aromatic nitrogens is 1. The summed E-state index contributed by atoms with van der Waals surface area (Å²) in [7, 11) is -3.74. The maximum Gasteiger partial charge on any atom is 0.241 e. The second kappa shape index (κ2) is 12.5. The molecule has 6 nitrogen and oxygen atoms in total. The van der Waals surface area contributed by atoms with Gasteiger partial charge in [0.15, 0.2) is 0 Å². The normalized spacial score (nSPS) is 15.6. The number of benzene rings is 3. The van der Waals surface area contributed by atoms with E-state index >= 15 is 0 Å². The van der Waals surface area contributed by atoms with Crippen LogP contribution in [0.2, 0.25) is 0 Å². The first-order chi connectivity index (χ1) is 20.1. The van der Waals surface area contributed by atoms with Crippen LogP contribution in [0.25, 0.3) is 0 Å². The number of anilines is 1. The van der Waals surface area contributed by atoms with Crippen LogP contribution in [-0.4, -0.2) is 19.3 Å². The number of sulfonamides is 1. The topological polar surface area (TPSA) is 79.4 Å². The lowest BCUT2D eigenvalue weighted by Gasteiger charge is -2.30. The van der Waals surface area contributed by atoms with Crippen LogP contribution in [0.4, 0.5) is 10.1 Å². The van der Waals surface area contributed by atoms with E-state index in [4.69, 9.17) is 0 Å². The highest BCUT2D eigenvalue weighted by Crippen LogP contribution is 2.35. The molecule has 8 heteroatoms. The third kappa shape index (κ3) is 6.94. The summed E-state index contributed by atoms with van der Waals surface area (Å²) in [5.74, 6) is -0.536. The van der Waals surface area contributed by atoms with Gasteiger partial charge in [-0.3, -0.25) is 9.78 Å². The molecule has 0 saturated heterocycles. The number of rotatable bonds is 9. The summed E-state index contributed by atoms with van der Waals surface area (Å²) in [6.45, 7) is 6.01. The van der Waals surface area contributed by atoms with Crippen LogP contribution in [0, 0.1) is 19.7 Å². The van der Waals surface area contributed by atoms with E-state index in [0.717, 1.165) is 46.5 Å². The minimum absolute atomic E-state index is 0.0946. The Hall–Kier alpha value is -3.88. The maximum absolute atomic E-state index is 13.9. The lowest BCUT2D eigenvalue weighted by atomic mass is 9.87. The lowest BCUT2D eigenvalue weighted by molar-refractivity contribution is -0.119. The number of amides is 1. The van der Waals surface area contributed by atoms with Crippen molar-refractivity contribution in [3.63, 3.8) is 0 Å². The Morgan fingerprint density at radius 2 is 1.79 bits per heavy atom. The number of halogens is 1. The molecule has 1 N–H and O–H groups in total. The molecule has 0 aliphatic heterocycles. The van der Waals surface area contributed by atoms with E-state index in [9.17, 15) is 17.6 Å². The monoisotopic (exact) mass is 585 g/mol. The van der Waals surface area contributed by atoms with Crippen LogP contribution in [0.15, 0.2) is 89.8 Å². The summed E-state index contributed by atoms with van der Waals surface area (Å²) in [5, 5.41) is 0. The smallest absolute Gasteiger partial charge is 0.241 e. The molecular weight excluding hydrogens is 549 g/mol. The average Bonchev–Trinajstić information content (AvgIpc) is 2.96. The summed E-state index contributed by atoms with van der Waals surface area (Å²) in [6.07, 6.45) is 2.58. The zero-order chi connectivity index (χ0) is 29.9. The van der Waals surface area contributed by atoms with Crippen LogP contribution < -0.4 is 9.62 Å². The van der Waals surface area contributed by atoms with Gasteiger partial charge in [0.25, 0.3) is 0 Å². The molecule has 0 radical (unpaired) electrons. The van der Waals surface area contributed by atoms with Crippen LogP contribution in [0.3, 0.4) is 0 Å². The summed E-state index contributed by atoms with van der Waals surface area (Å²) in [6, 6.07) is 24.3. The molecule has 0 bridgehead atoms. The van der Waals surface area contributed by atoms with E-state index < -0.39 is 16.1 Å². The lowest BCUT2D eigenvalue weighted by Crippen LogP contribution is -2.33. The van der Waals surface area contributed by atoms with Crippen molar-refractivity contribution in [1.82, 2.24) is 9.71 Å². The first-order valence-electron chi connectivity index (χ1n) is 14.3. The molecule has 1 amide bonds. The fourth-order valence-electron chi connectivity index (χ4n) is 5.57. The number of fused-ring (bicyclic) bond motifs is 1. The number of hydrogen-bond donors (Lipinski definition) is 1. The molecule has 1 aromatic heterocycles. The van der Waals surface area contributed by atoms with E-state index in [1.807, 2.05) is 63.2 Å². The van der Waals surface area contributed by atoms with Crippen molar-refractivity contribution < 1.29 is 17.6 Å². The first-order valence-corrected chi connectivity index (χ1v) is 15.8. The molecule has 1 heterocycles. The molecule has 5 rings (SSSR count). The molecule has 0 saturated carbocycles. The summed E-state index contributed by atoms with van der Waals surface area (Å²) < 4.78 is 43.1. The van der Waals surface area contributed by atoms with Crippen molar-refractivity contribution in [2.75, 3.05) is 4.90 Å². The highest BCUT2D eigenvalue weighted by atomic mass is 32.2. The Morgan fingerprint density at radius 3 is 2.52 bits per heavy atom. The standard InChI is InChI=1S/C34H36FN3O3S/c1-23-7-4-11-31(19-23)42(40,41)37-33-12-6-9-27-15-18-30(21-32(27)33)38(22-29-10-5-8-25(3)36-29)34(39)20-24(2)26-13-16-28(35)17-14-26/h4-5,7-8,10-11,13-19,21,24,33,37H,6,9,12,20,22H2,1-3H3/t24-,33+/m1/s1. The zero-order valence-corrected chi connectivity index (χ0v) is 25.0. The Bertz CT molecular complexity index is 1690. The van der Waals surface area contributed by atoms with Gasteiger partial charge in [0.05, 0.1) is 17.1 Å². The van der Waals surface area contributed by atoms with Crippen molar-refractivity contribution in [3.8, 4) is 0 Å². The van der Waals surface area contributed by atoms with Crippen LogP contribution in [-0.2, 0) is 27.8 Å². The van der Waals surface area contributed by atoms with Gasteiger partial charge < -0.3 is 4.90 Å². The summed E-state index contributed by atoms with van der Waals surface area (Å²) >= 11 is 0. The van der Waals surface area contributed by atoms with Crippen molar-refractivity contribution >= 4 is 21.6 Å².